The summed E-state index contributed by atoms with van der Waals surface area (Å²) in [5.74, 6) is 0.191. The van der Waals surface area contributed by atoms with E-state index in [4.69, 9.17) is 5.73 Å². The lowest BCUT2D eigenvalue weighted by Crippen LogP contribution is -2.54. The first-order chi connectivity index (χ1) is 7.97. The van der Waals surface area contributed by atoms with Crippen molar-refractivity contribution in [3.8, 4) is 0 Å². The summed E-state index contributed by atoms with van der Waals surface area (Å²) < 4.78 is 0. The normalized spacial score (nSPS) is 18.4. The number of amides is 2. The van der Waals surface area contributed by atoms with E-state index in [0.29, 0.717) is 32.6 Å². The lowest BCUT2D eigenvalue weighted by Gasteiger charge is -2.36. The molecule has 0 bridgehead atoms. The first-order valence-corrected chi connectivity index (χ1v) is 6.30. The third-order valence-electron chi connectivity index (χ3n) is 3.15. The van der Waals surface area contributed by atoms with Gasteiger partial charge >= 0.3 is 0 Å². The summed E-state index contributed by atoms with van der Waals surface area (Å²) in [6, 6.07) is -0.401. The number of hydrogen-bond donors (Lipinski definition) is 1. The van der Waals surface area contributed by atoms with Crippen LogP contribution in [0.1, 0.15) is 27.2 Å². The molecule has 0 aromatic rings. The second-order valence-electron chi connectivity index (χ2n) is 4.82. The van der Waals surface area contributed by atoms with Crippen molar-refractivity contribution in [1.29, 1.82) is 0 Å². The largest absolute Gasteiger partial charge is 0.339 e. The molecule has 2 amide bonds. The molecule has 1 fully saturated rings. The van der Waals surface area contributed by atoms with E-state index in [-0.39, 0.29) is 17.7 Å². The van der Waals surface area contributed by atoms with E-state index in [9.17, 15) is 9.59 Å². The van der Waals surface area contributed by atoms with E-state index >= 15 is 0 Å². The maximum Gasteiger partial charge on any atom is 0.239 e. The molecule has 0 saturated carbocycles. The summed E-state index contributed by atoms with van der Waals surface area (Å²) >= 11 is 0. The Bertz CT molecular complexity index is 283. The molecule has 5 heteroatoms. The lowest BCUT2D eigenvalue weighted by atomic mass is 10.1. The SMILES string of the molecule is CC[C@H](N)C(=O)N1CCN(C(=O)C(C)C)CC1. The Balaban J connectivity index is 2.46. The van der Waals surface area contributed by atoms with Crippen molar-refractivity contribution in [3.63, 3.8) is 0 Å². The summed E-state index contributed by atoms with van der Waals surface area (Å²) in [5.41, 5.74) is 5.72. The van der Waals surface area contributed by atoms with Gasteiger partial charge in [0.2, 0.25) is 11.8 Å². The van der Waals surface area contributed by atoms with Gasteiger partial charge in [0.25, 0.3) is 0 Å². The van der Waals surface area contributed by atoms with Crippen LogP contribution in [-0.4, -0.2) is 53.8 Å². The highest BCUT2D eigenvalue weighted by molar-refractivity contribution is 5.82. The maximum atomic E-state index is 11.8. The van der Waals surface area contributed by atoms with Crippen molar-refractivity contribution >= 4 is 11.8 Å². The predicted octanol–water partition coefficient (Wildman–Crippen LogP) is 0.0505. The highest BCUT2D eigenvalue weighted by atomic mass is 16.2. The van der Waals surface area contributed by atoms with Gasteiger partial charge in [0.05, 0.1) is 6.04 Å². The Morgan fingerprint density at radius 1 is 1.06 bits per heavy atom. The molecule has 1 atom stereocenters. The predicted molar refractivity (Wildman–Crippen MR) is 66.3 cm³/mol. The van der Waals surface area contributed by atoms with Crippen LogP contribution in [-0.2, 0) is 9.59 Å². The molecule has 0 aromatic carbocycles. The van der Waals surface area contributed by atoms with Gasteiger partial charge in [0.1, 0.15) is 0 Å². The Hall–Kier alpha value is -1.10. The lowest BCUT2D eigenvalue weighted by molar-refractivity contribution is -0.142. The van der Waals surface area contributed by atoms with Crippen LogP contribution in [0.5, 0.6) is 0 Å². The van der Waals surface area contributed by atoms with Crippen LogP contribution in [0.15, 0.2) is 0 Å². The topological polar surface area (TPSA) is 66.6 Å². The average Bonchev–Trinajstić information content (AvgIpc) is 2.36. The monoisotopic (exact) mass is 241 g/mol. The quantitative estimate of drug-likeness (QED) is 0.759. The first-order valence-electron chi connectivity index (χ1n) is 6.30. The maximum absolute atomic E-state index is 11.8. The number of hydrogen-bond acceptors (Lipinski definition) is 3. The average molecular weight is 241 g/mol. The molecule has 17 heavy (non-hydrogen) atoms. The molecule has 1 saturated heterocycles. The second kappa shape index (κ2) is 6.00. The van der Waals surface area contributed by atoms with Crippen LogP contribution in [0.4, 0.5) is 0 Å². The van der Waals surface area contributed by atoms with Gasteiger partial charge in [0, 0.05) is 32.1 Å². The molecule has 2 N–H and O–H groups in total. The van der Waals surface area contributed by atoms with E-state index in [1.54, 1.807) is 4.90 Å². The molecule has 1 aliphatic rings. The smallest absolute Gasteiger partial charge is 0.239 e. The van der Waals surface area contributed by atoms with Crippen molar-refractivity contribution < 1.29 is 9.59 Å². The van der Waals surface area contributed by atoms with Crippen molar-refractivity contribution in [1.82, 2.24) is 9.80 Å². The number of rotatable bonds is 3. The molecule has 1 heterocycles. The third kappa shape index (κ3) is 3.43. The van der Waals surface area contributed by atoms with Gasteiger partial charge in [-0.05, 0) is 6.42 Å². The Morgan fingerprint density at radius 2 is 1.47 bits per heavy atom. The molecule has 0 unspecified atom stereocenters. The fourth-order valence-electron chi connectivity index (χ4n) is 1.92. The van der Waals surface area contributed by atoms with Crippen LogP contribution in [0.3, 0.4) is 0 Å². The molecule has 0 radical (unpaired) electrons. The fraction of sp³-hybridized carbons (Fsp3) is 0.833. The zero-order chi connectivity index (χ0) is 13.0. The van der Waals surface area contributed by atoms with E-state index in [1.165, 1.54) is 0 Å². The number of nitrogens with zero attached hydrogens (tertiary/aromatic N) is 2. The molecule has 0 aromatic heterocycles. The van der Waals surface area contributed by atoms with Crippen molar-refractivity contribution in [2.45, 2.75) is 33.2 Å². The Morgan fingerprint density at radius 3 is 1.82 bits per heavy atom. The zero-order valence-corrected chi connectivity index (χ0v) is 11.0. The summed E-state index contributed by atoms with van der Waals surface area (Å²) in [5, 5.41) is 0. The van der Waals surface area contributed by atoms with Gasteiger partial charge in [-0.15, -0.1) is 0 Å². The van der Waals surface area contributed by atoms with Gasteiger partial charge in [-0.3, -0.25) is 9.59 Å². The molecular formula is C12H23N3O2. The molecule has 98 valence electrons. The van der Waals surface area contributed by atoms with Crippen molar-refractivity contribution in [2.24, 2.45) is 11.7 Å². The number of nitrogens with two attached hydrogens (primary N) is 1. The standard InChI is InChI=1S/C12H23N3O2/c1-4-10(13)12(17)15-7-5-14(6-8-15)11(16)9(2)3/h9-10H,4-8,13H2,1-3H3/t10-/m0/s1. The summed E-state index contributed by atoms with van der Waals surface area (Å²) in [7, 11) is 0. The number of carbonyl (C=O) groups excluding carboxylic acids is 2. The zero-order valence-electron chi connectivity index (χ0n) is 11.0. The van der Waals surface area contributed by atoms with Gasteiger partial charge in [-0.25, -0.2) is 0 Å². The third-order valence-corrected chi connectivity index (χ3v) is 3.15. The highest BCUT2D eigenvalue weighted by Gasteiger charge is 2.27. The Kier molecular flexibility index (Phi) is 4.93. The van der Waals surface area contributed by atoms with E-state index in [2.05, 4.69) is 0 Å². The van der Waals surface area contributed by atoms with Crippen LogP contribution in [0.2, 0.25) is 0 Å². The molecule has 1 aliphatic heterocycles. The van der Waals surface area contributed by atoms with Gasteiger partial charge in [-0.1, -0.05) is 20.8 Å². The molecular weight excluding hydrogens is 218 g/mol. The molecule has 1 rings (SSSR count). The number of piperazine rings is 1. The van der Waals surface area contributed by atoms with Crippen LogP contribution in [0.25, 0.3) is 0 Å². The first kappa shape index (κ1) is 14.0. The molecule has 5 nitrogen and oxygen atoms in total. The van der Waals surface area contributed by atoms with E-state index in [1.807, 2.05) is 25.7 Å². The van der Waals surface area contributed by atoms with Crippen LogP contribution in [0, 0.1) is 5.92 Å². The van der Waals surface area contributed by atoms with Gasteiger partial charge in [-0.2, -0.15) is 0 Å². The van der Waals surface area contributed by atoms with E-state index < -0.39 is 6.04 Å². The molecule has 0 aliphatic carbocycles. The summed E-state index contributed by atoms with van der Waals surface area (Å²) in [6.07, 6.45) is 0.657. The van der Waals surface area contributed by atoms with Crippen LogP contribution >= 0.6 is 0 Å². The highest BCUT2D eigenvalue weighted by Crippen LogP contribution is 2.08. The number of carbonyl (C=O) groups is 2. The second-order valence-corrected chi connectivity index (χ2v) is 4.82. The van der Waals surface area contributed by atoms with Gasteiger partial charge in [0.15, 0.2) is 0 Å². The minimum absolute atomic E-state index is 0.00384. The van der Waals surface area contributed by atoms with Gasteiger partial charge < -0.3 is 15.5 Å². The minimum Gasteiger partial charge on any atom is -0.339 e. The van der Waals surface area contributed by atoms with Crippen LogP contribution < -0.4 is 5.73 Å². The summed E-state index contributed by atoms with van der Waals surface area (Å²) in [6.45, 7) is 8.15. The van der Waals surface area contributed by atoms with Crippen molar-refractivity contribution in [2.75, 3.05) is 26.2 Å². The summed E-state index contributed by atoms with van der Waals surface area (Å²) in [4.78, 5) is 27.2. The Labute approximate surface area is 103 Å². The van der Waals surface area contributed by atoms with E-state index in [0.717, 1.165) is 0 Å². The minimum atomic E-state index is -0.401. The molecule has 0 spiro atoms. The fourth-order valence-corrected chi connectivity index (χ4v) is 1.92. The van der Waals surface area contributed by atoms with Crippen molar-refractivity contribution in [3.05, 3.63) is 0 Å².